The lowest BCUT2D eigenvalue weighted by Crippen LogP contribution is -2.35. The number of nitrogens with zero attached hydrogens (tertiary/aromatic N) is 1. The van der Waals surface area contributed by atoms with Crippen LogP contribution in [0.1, 0.15) is 48.2 Å². The molecule has 8 nitrogen and oxygen atoms in total. The van der Waals surface area contributed by atoms with Crippen LogP contribution in [0.4, 0.5) is 15.8 Å². The van der Waals surface area contributed by atoms with Crippen LogP contribution in [-0.2, 0) is 4.74 Å². The highest BCUT2D eigenvalue weighted by molar-refractivity contribution is 6.07. The maximum atomic E-state index is 14.5. The highest BCUT2D eigenvalue weighted by atomic mass is 19.1. The molecule has 0 spiro atoms. The first-order chi connectivity index (χ1) is 18.1. The van der Waals surface area contributed by atoms with Gasteiger partial charge in [-0.2, -0.15) is 0 Å². The Labute approximate surface area is 215 Å². The van der Waals surface area contributed by atoms with Crippen molar-refractivity contribution in [2.75, 3.05) is 38.8 Å². The van der Waals surface area contributed by atoms with Gasteiger partial charge >= 0.3 is 0 Å². The summed E-state index contributed by atoms with van der Waals surface area (Å²) in [5, 5.41) is 6.31. The Hall–Kier alpha value is -3.85. The largest absolute Gasteiger partial charge is 0.492 e. The van der Waals surface area contributed by atoms with E-state index in [1.165, 1.54) is 18.7 Å². The molecule has 2 aliphatic rings. The topological polar surface area (TPSA) is 97.5 Å². The highest BCUT2D eigenvalue weighted by Gasteiger charge is 2.33. The molecule has 3 aromatic rings. The number of ether oxygens (including phenoxy) is 3. The summed E-state index contributed by atoms with van der Waals surface area (Å²) in [6, 6.07) is 6.49. The second-order valence-electron chi connectivity index (χ2n) is 9.23. The van der Waals surface area contributed by atoms with Crippen LogP contribution >= 0.6 is 0 Å². The van der Waals surface area contributed by atoms with E-state index in [1.54, 1.807) is 24.5 Å². The zero-order valence-electron chi connectivity index (χ0n) is 21.0. The number of hydrogen-bond acceptors (Lipinski definition) is 6. The van der Waals surface area contributed by atoms with E-state index in [-0.39, 0.29) is 17.6 Å². The van der Waals surface area contributed by atoms with Crippen LogP contribution in [0.25, 0.3) is 11.3 Å². The van der Waals surface area contributed by atoms with Crippen molar-refractivity contribution < 1.29 is 23.4 Å². The van der Waals surface area contributed by atoms with E-state index in [0.717, 1.165) is 30.5 Å². The number of benzene rings is 1. The number of halogens is 1. The molecule has 4 heterocycles. The number of carbonyl (C=O) groups excluding carboxylic acids is 1. The predicted molar refractivity (Wildman–Crippen MR) is 139 cm³/mol. The average Bonchev–Trinajstić information content (AvgIpc) is 3.27. The number of methoxy groups -OCH3 is 1. The number of rotatable bonds is 3. The molecule has 2 bridgehead atoms. The molecule has 0 aliphatic carbocycles. The van der Waals surface area contributed by atoms with Crippen molar-refractivity contribution in [2.45, 2.75) is 32.1 Å². The molecule has 3 N–H and O–H groups in total. The van der Waals surface area contributed by atoms with E-state index in [4.69, 9.17) is 14.2 Å². The monoisotopic (exact) mass is 506 g/mol. The van der Waals surface area contributed by atoms with Crippen LogP contribution in [0, 0.1) is 5.82 Å². The Bertz CT molecular complexity index is 1320. The molecule has 1 aromatic carbocycles. The molecule has 0 fully saturated rings. The van der Waals surface area contributed by atoms with Gasteiger partial charge < -0.3 is 29.8 Å². The molecule has 1 amide bonds. The van der Waals surface area contributed by atoms with Gasteiger partial charge in [0.25, 0.3) is 5.91 Å². The SMILES string of the molecule is COc1c(F)cccc1Nc1c2[nH]c3c1C(=O)NCC3CCOCC/C(C)=C/CCOc1cnccc1-2. The lowest BCUT2D eigenvalue weighted by molar-refractivity contribution is 0.0928. The van der Waals surface area contributed by atoms with E-state index in [2.05, 4.69) is 33.6 Å². The van der Waals surface area contributed by atoms with Gasteiger partial charge in [0.1, 0.15) is 5.75 Å². The third kappa shape index (κ3) is 5.17. The predicted octanol–water partition coefficient (Wildman–Crippen LogP) is 5.32. The number of nitrogens with one attached hydrogen (secondary N) is 3. The maximum Gasteiger partial charge on any atom is 0.255 e. The quantitative estimate of drug-likeness (QED) is 0.416. The number of aromatic amines is 1. The van der Waals surface area contributed by atoms with Crippen molar-refractivity contribution in [3.8, 4) is 22.8 Å². The number of H-pyrrole nitrogens is 1. The van der Waals surface area contributed by atoms with Gasteiger partial charge in [-0.05, 0) is 44.4 Å². The maximum absolute atomic E-state index is 14.5. The Morgan fingerprint density at radius 3 is 2.97 bits per heavy atom. The molecule has 1 unspecified atom stereocenters. The molecule has 2 aromatic heterocycles. The minimum absolute atomic E-state index is 0.0205. The molecule has 194 valence electrons. The summed E-state index contributed by atoms with van der Waals surface area (Å²) in [5.41, 5.74) is 4.91. The summed E-state index contributed by atoms with van der Waals surface area (Å²) in [6.45, 7) is 4.29. The molecule has 0 saturated heterocycles. The first-order valence-electron chi connectivity index (χ1n) is 12.5. The first-order valence-corrected chi connectivity index (χ1v) is 12.5. The zero-order chi connectivity index (χ0) is 25.8. The molecule has 2 aliphatic heterocycles. The van der Waals surface area contributed by atoms with Crippen LogP contribution < -0.4 is 20.1 Å². The molecule has 5 rings (SSSR count). The van der Waals surface area contributed by atoms with Crippen molar-refractivity contribution in [3.63, 3.8) is 0 Å². The summed E-state index contributed by atoms with van der Waals surface area (Å²) in [5.74, 6) is -0.0289. The molecule has 1 atom stereocenters. The number of anilines is 2. The molecular formula is C28H31FN4O4. The Morgan fingerprint density at radius 2 is 2.11 bits per heavy atom. The Balaban J connectivity index is 1.65. The van der Waals surface area contributed by atoms with Crippen molar-refractivity contribution in [3.05, 3.63) is 65.4 Å². The standard InChI is InChI=1S/C28H31FN4O4/c1-17-5-4-12-37-22-16-30-11-8-19(22)25-26(32-21-7-3-6-20(29)27(21)35-2)23-24(33-25)18(15-31-28(23)34)10-14-36-13-9-17/h3,5-8,11,16,18,32-33H,4,9-10,12-15H2,1-2H3,(H,31,34)/b17-5+. The van der Waals surface area contributed by atoms with E-state index >= 15 is 0 Å². The summed E-state index contributed by atoms with van der Waals surface area (Å²) >= 11 is 0. The van der Waals surface area contributed by atoms with Crippen LogP contribution in [0.5, 0.6) is 11.5 Å². The van der Waals surface area contributed by atoms with Gasteiger partial charge in [0.15, 0.2) is 11.6 Å². The van der Waals surface area contributed by atoms with Gasteiger partial charge in [0.2, 0.25) is 0 Å². The van der Waals surface area contributed by atoms with Crippen LogP contribution in [0.3, 0.4) is 0 Å². The number of aromatic nitrogens is 2. The lowest BCUT2D eigenvalue weighted by atomic mass is 9.93. The lowest BCUT2D eigenvalue weighted by Gasteiger charge is -2.24. The fraction of sp³-hybridized carbons (Fsp3) is 0.357. The minimum Gasteiger partial charge on any atom is -0.492 e. The van der Waals surface area contributed by atoms with E-state index in [9.17, 15) is 9.18 Å². The Morgan fingerprint density at radius 1 is 1.22 bits per heavy atom. The van der Waals surface area contributed by atoms with Gasteiger partial charge in [0, 0.05) is 36.5 Å². The van der Waals surface area contributed by atoms with Crippen molar-refractivity contribution >= 4 is 17.3 Å². The summed E-state index contributed by atoms with van der Waals surface area (Å²) < 4.78 is 31.9. The molecule has 0 saturated carbocycles. The van der Waals surface area contributed by atoms with Gasteiger partial charge in [-0.15, -0.1) is 0 Å². The fourth-order valence-electron chi connectivity index (χ4n) is 4.83. The van der Waals surface area contributed by atoms with Gasteiger partial charge in [0.05, 0.1) is 49.2 Å². The number of pyridine rings is 1. The zero-order valence-corrected chi connectivity index (χ0v) is 21.0. The molecule has 37 heavy (non-hydrogen) atoms. The minimum atomic E-state index is -0.500. The second-order valence-corrected chi connectivity index (χ2v) is 9.23. The molecule has 0 radical (unpaired) electrons. The van der Waals surface area contributed by atoms with E-state index in [1.807, 2.05) is 6.07 Å². The van der Waals surface area contributed by atoms with Crippen LogP contribution in [-0.4, -0.2) is 49.4 Å². The Kier molecular flexibility index (Phi) is 7.41. The number of carbonyl (C=O) groups is 1. The molecule has 9 heteroatoms. The third-order valence-electron chi connectivity index (χ3n) is 6.78. The number of amides is 1. The number of fused-ring (bicyclic) bond motifs is 3. The van der Waals surface area contributed by atoms with Crippen molar-refractivity contribution in [1.82, 2.24) is 15.3 Å². The number of hydrogen-bond donors (Lipinski definition) is 3. The average molecular weight is 507 g/mol. The van der Waals surface area contributed by atoms with Crippen LogP contribution in [0.2, 0.25) is 0 Å². The third-order valence-corrected chi connectivity index (χ3v) is 6.78. The van der Waals surface area contributed by atoms with Crippen LogP contribution in [0.15, 0.2) is 48.3 Å². The van der Waals surface area contributed by atoms with Crippen molar-refractivity contribution in [2.24, 2.45) is 0 Å². The molecular weight excluding hydrogens is 475 g/mol. The summed E-state index contributed by atoms with van der Waals surface area (Å²) in [6.07, 6.45) is 7.87. The summed E-state index contributed by atoms with van der Waals surface area (Å²) in [7, 11) is 1.41. The van der Waals surface area contributed by atoms with Gasteiger partial charge in [-0.25, -0.2) is 4.39 Å². The van der Waals surface area contributed by atoms with E-state index < -0.39 is 5.82 Å². The number of para-hydroxylation sites is 1. The van der Waals surface area contributed by atoms with Gasteiger partial charge in [-0.3, -0.25) is 9.78 Å². The highest BCUT2D eigenvalue weighted by Crippen LogP contribution is 2.44. The first kappa shape index (κ1) is 24.8. The van der Waals surface area contributed by atoms with Crippen molar-refractivity contribution in [1.29, 1.82) is 0 Å². The second kappa shape index (κ2) is 11.0. The van der Waals surface area contributed by atoms with Gasteiger partial charge in [-0.1, -0.05) is 17.7 Å². The smallest absolute Gasteiger partial charge is 0.255 e. The summed E-state index contributed by atoms with van der Waals surface area (Å²) in [4.78, 5) is 21.0. The fourth-order valence-corrected chi connectivity index (χ4v) is 4.83. The normalized spacial score (nSPS) is 19.6. The van der Waals surface area contributed by atoms with E-state index in [0.29, 0.717) is 54.7 Å².